The third kappa shape index (κ3) is 3.47. The Morgan fingerprint density at radius 2 is 1.71 bits per heavy atom. The van der Waals surface area contributed by atoms with E-state index in [-0.39, 0.29) is 18.3 Å². The summed E-state index contributed by atoms with van der Waals surface area (Å²) in [5.74, 6) is -5.05. The van der Waals surface area contributed by atoms with E-state index in [0.29, 0.717) is 5.56 Å². The van der Waals surface area contributed by atoms with Crippen molar-refractivity contribution >= 4 is 0 Å². The van der Waals surface area contributed by atoms with Crippen molar-refractivity contribution < 1.29 is 26.7 Å². The average molecular weight is 308 g/mol. The molecule has 0 atom stereocenters. The monoisotopic (exact) mass is 308 g/mol. The van der Waals surface area contributed by atoms with Gasteiger partial charge in [0.1, 0.15) is 5.75 Å². The third-order valence-electron chi connectivity index (χ3n) is 3.78. The summed E-state index contributed by atoms with van der Waals surface area (Å²) in [7, 11) is 0. The number of hydrogen-bond donors (Lipinski definition) is 0. The number of rotatable bonds is 4. The van der Waals surface area contributed by atoms with Crippen LogP contribution in [0.15, 0.2) is 18.2 Å². The molecule has 1 aliphatic rings. The minimum absolute atomic E-state index is 0.185. The maximum absolute atomic E-state index is 13.6. The van der Waals surface area contributed by atoms with Crippen molar-refractivity contribution in [3.63, 3.8) is 0 Å². The van der Waals surface area contributed by atoms with Crippen LogP contribution in [0.5, 0.6) is 5.75 Å². The van der Waals surface area contributed by atoms with Gasteiger partial charge in [0.2, 0.25) is 0 Å². The lowest BCUT2D eigenvalue weighted by molar-refractivity contribution is -0.289. The topological polar surface area (TPSA) is 9.23 Å². The van der Waals surface area contributed by atoms with Crippen LogP contribution in [0.4, 0.5) is 22.0 Å². The van der Waals surface area contributed by atoms with Crippen LogP contribution >= 0.6 is 0 Å². The van der Waals surface area contributed by atoms with E-state index in [4.69, 9.17) is 4.74 Å². The van der Waals surface area contributed by atoms with Crippen molar-refractivity contribution in [2.75, 3.05) is 6.61 Å². The van der Waals surface area contributed by atoms with Crippen LogP contribution < -0.4 is 4.74 Å². The van der Waals surface area contributed by atoms with Crippen LogP contribution in [-0.2, 0) is 5.92 Å². The Bertz CT molecular complexity index is 489. The van der Waals surface area contributed by atoms with Gasteiger partial charge in [-0.05, 0) is 43.4 Å². The number of alkyl halides is 5. The fourth-order valence-corrected chi connectivity index (χ4v) is 2.55. The lowest BCUT2D eigenvalue weighted by Gasteiger charge is -2.23. The quantitative estimate of drug-likeness (QED) is 0.693. The lowest BCUT2D eigenvalue weighted by Crippen LogP contribution is -2.34. The molecule has 1 aromatic rings. The molecule has 0 unspecified atom stereocenters. The Kier molecular flexibility index (Phi) is 4.44. The van der Waals surface area contributed by atoms with E-state index < -0.39 is 17.7 Å². The van der Waals surface area contributed by atoms with Crippen molar-refractivity contribution in [1.29, 1.82) is 0 Å². The first kappa shape index (κ1) is 16.0. The largest absolute Gasteiger partial charge is 0.493 e. The summed E-state index contributed by atoms with van der Waals surface area (Å²) in [5.41, 5.74) is -0.531. The molecule has 0 aromatic heterocycles. The molecule has 1 nitrogen and oxygen atoms in total. The summed E-state index contributed by atoms with van der Waals surface area (Å²) >= 11 is 0. The van der Waals surface area contributed by atoms with Gasteiger partial charge in [0.05, 0.1) is 12.2 Å². The first-order chi connectivity index (χ1) is 9.72. The fraction of sp³-hybridized carbons (Fsp3) is 0.600. The molecule has 6 heteroatoms. The van der Waals surface area contributed by atoms with Crippen LogP contribution in [0.2, 0.25) is 0 Å². The Morgan fingerprint density at radius 3 is 2.29 bits per heavy atom. The van der Waals surface area contributed by atoms with Gasteiger partial charge in [0, 0.05) is 0 Å². The molecule has 2 rings (SSSR count). The molecule has 1 aromatic carbocycles. The smallest absolute Gasteiger partial charge is 0.458 e. The molecule has 21 heavy (non-hydrogen) atoms. The second-order valence-electron chi connectivity index (χ2n) is 5.53. The number of aryl methyl sites for hydroxylation is 1. The zero-order valence-corrected chi connectivity index (χ0v) is 11.6. The molecule has 0 bridgehead atoms. The van der Waals surface area contributed by atoms with Crippen molar-refractivity contribution in [2.45, 2.75) is 44.7 Å². The van der Waals surface area contributed by atoms with Crippen molar-refractivity contribution in [3.05, 3.63) is 29.3 Å². The second kappa shape index (κ2) is 5.81. The minimum atomic E-state index is -5.63. The Morgan fingerprint density at radius 1 is 1.10 bits per heavy atom. The molecular formula is C15H17F5O. The molecule has 1 fully saturated rings. The first-order valence-corrected chi connectivity index (χ1v) is 6.90. The molecule has 0 radical (unpaired) electrons. The first-order valence-electron chi connectivity index (χ1n) is 6.90. The van der Waals surface area contributed by atoms with Gasteiger partial charge in [-0.15, -0.1) is 0 Å². The highest BCUT2D eigenvalue weighted by molar-refractivity contribution is 5.40. The van der Waals surface area contributed by atoms with Gasteiger partial charge < -0.3 is 4.74 Å². The van der Waals surface area contributed by atoms with E-state index in [1.54, 1.807) is 6.92 Å². The Labute approximate surface area is 120 Å². The lowest BCUT2D eigenvalue weighted by atomic mass is 10.0. The maximum atomic E-state index is 13.6. The molecule has 0 amide bonds. The van der Waals surface area contributed by atoms with E-state index in [9.17, 15) is 22.0 Å². The van der Waals surface area contributed by atoms with Gasteiger partial charge in [-0.25, -0.2) is 0 Å². The Balaban J connectivity index is 2.24. The van der Waals surface area contributed by atoms with E-state index in [2.05, 4.69) is 0 Å². The summed E-state index contributed by atoms with van der Waals surface area (Å²) in [5, 5.41) is 0. The van der Waals surface area contributed by atoms with Crippen LogP contribution in [-0.4, -0.2) is 12.8 Å². The molecule has 0 saturated heterocycles. The molecule has 0 heterocycles. The number of ether oxygens (including phenoxy) is 1. The van der Waals surface area contributed by atoms with Gasteiger partial charge in [-0.3, -0.25) is 0 Å². The van der Waals surface area contributed by atoms with Gasteiger partial charge in [0.15, 0.2) is 0 Å². The van der Waals surface area contributed by atoms with Crippen molar-refractivity contribution in [2.24, 2.45) is 5.92 Å². The van der Waals surface area contributed by atoms with E-state index in [1.165, 1.54) is 12.1 Å². The Hall–Kier alpha value is -1.33. The van der Waals surface area contributed by atoms with Gasteiger partial charge >= 0.3 is 12.1 Å². The van der Waals surface area contributed by atoms with Crippen molar-refractivity contribution in [1.82, 2.24) is 0 Å². The number of benzene rings is 1. The summed E-state index contributed by atoms with van der Waals surface area (Å²) in [6.07, 6.45) is -1.68. The van der Waals surface area contributed by atoms with E-state index in [0.717, 1.165) is 31.7 Å². The van der Waals surface area contributed by atoms with Crippen LogP contribution in [0.25, 0.3) is 0 Å². The van der Waals surface area contributed by atoms with Gasteiger partial charge in [-0.2, -0.15) is 22.0 Å². The van der Waals surface area contributed by atoms with Crippen LogP contribution in [0.1, 0.15) is 36.8 Å². The highest BCUT2D eigenvalue weighted by Crippen LogP contribution is 2.47. The highest BCUT2D eigenvalue weighted by Gasteiger charge is 2.60. The van der Waals surface area contributed by atoms with Crippen LogP contribution in [0.3, 0.4) is 0 Å². The predicted octanol–water partition coefficient (Wildman–Crippen LogP) is 5.22. The summed E-state index contributed by atoms with van der Waals surface area (Å²) in [4.78, 5) is 0. The average Bonchev–Trinajstić information content (AvgIpc) is 2.87. The summed E-state index contributed by atoms with van der Waals surface area (Å²) in [6, 6.07) is 3.27. The number of halogens is 5. The molecule has 118 valence electrons. The minimum Gasteiger partial charge on any atom is -0.493 e. The zero-order valence-electron chi connectivity index (χ0n) is 11.6. The van der Waals surface area contributed by atoms with E-state index in [1.807, 2.05) is 0 Å². The van der Waals surface area contributed by atoms with Gasteiger partial charge in [-0.1, -0.05) is 18.9 Å². The molecule has 1 saturated carbocycles. The molecule has 0 spiro atoms. The fourth-order valence-electron chi connectivity index (χ4n) is 2.55. The maximum Gasteiger partial charge on any atom is 0.458 e. The van der Waals surface area contributed by atoms with Crippen molar-refractivity contribution in [3.8, 4) is 5.75 Å². The summed E-state index contributed by atoms with van der Waals surface area (Å²) in [6.45, 7) is 1.81. The van der Waals surface area contributed by atoms with Gasteiger partial charge in [0.25, 0.3) is 0 Å². The normalized spacial score (nSPS) is 17.2. The third-order valence-corrected chi connectivity index (χ3v) is 3.78. The molecule has 0 aliphatic heterocycles. The molecule has 0 N–H and O–H groups in total. The molecule has 1 aliphatic carbocycles. The standard InChI is InChI=1S/C15H17F5O/c1-10-6-7-12(14(16,17)15(18,19)20)13(8-10)21-9-11-4-2-3-5-11/h6-8,11H,2-5,9H2,1H3. The second-order valence-corrected chi connectivity index (χ2v) is 5.53. The highest BCUT2D eigenvalue weighted by atomic mass is 19.4. The predicted molar refractivity (Wildman–Crippen MR) is 68.6 cm³/mol. The van der Waals surface area contributed by atoms with Crippen LogP contribution in [0, 0.1) is 12.8 Å². The molecular weight excluding hydrogens is 291 g/mol. The summed E-state index contributed by atoms with van der Waals surface area (Å²) < 4.78 is 70.0. The SMILES string of the molecule is Cc1ccc(C(F)(F)C(F)(F)F)c(OCC2CCCC2)c1. The number of hydrogen-bond acceptors (Lipinski definition) is 1. The zero-order chi connectivity index (χ0) is 15.7. The van der Waals surface area contributed by atoms with E-state index >= 15 is 0 Å².